The highest BCUT2D eigenvalue weighted by molar-refractivity contribution is 7.99. The summed E-state index contributed by atoms with van der Waals surface area (Å²) in [4.78, 5) is 18.1. The van der Waals surface area contributed by atoms with E-state index in [-0.39, 0.29) is 27.1 Å². The molecule has 0 aliphatic carbocycles. The van der Waals surface area contributed by atoms with Gasteiger partial charge in [-0.1, -0.05) is 0 Å². The van der Waals surface area contributed by atoms with E-state index in [1.54, 1.807) is 0 Å². The number of benzene rings is 1. The second-order valence-electron chi connectivity index (χ2n) is 3.82. The van der Waals surface area contributed by atoms with Crippen LogP contribution in [0.1, 0.15) is 0 Å². The van der Waals surface area contributed by atoms with Crippen molar-refractivity contribution in [2.24, 2.45) is 5.14 Å². The number of rotatable bonds is 3. The van der Waals surface area contributed by atoms with Crippen molar-refractivity contribution in [3.05, 3.63) is 34.6 Å². The number of nitrogen functional groups attached to an aromatic ring is 2. The molecule has 10 heteroatoms. The van der Waals surface area contributed by atoms with Gasteiger partial charge in [0.05, 0.1) is 4.90 Å². The van der Waals surface area contributed by atoms with Gasteiger partial charge in [-0.2, -0.15) is 0 Å². The third-order valence-electron chi connectivity index (χ3n) is 2.26. The summed E-state index contributed by atoms with van der Waals surface area (Å²) in [7, 11) is -3.81. The third-order valence-corrected chi connectivity index (χ3v) is 4.15. The molecule has 8 nitrogen and oxygen atoms in total. The molecule has 1 heterocycles. The van der Waals surface area contributed by atoms with E-state index in [1.165, 1.54) is 18.2 Å². The molecule has 0 saturated heterocycles. The Morgan fingerprint density at radius 3 is 2.45 bits per heavy atom. The van der Waals surface area contributed by atoms with Gasteiger partial charge in [0.25, 0.3) is 5.56 Å². The van der Waals surface area contributed by atoms with Gasteiger partial charge >= 0.3 is 0 Å². The van der Waals surface area contributed by atoms with Crippen molar-refractivity contribution in [3.8, 4) is 0 Å². The Morgan fingerprint density at radius 1 is 1.20 bits per heavy atom. The largest absolute Gasteiger partial charge is 0.398 e. The number of primary sulfonamides is 1. The van der Waals surface area contributed by atoms with E-state index in [4.69, 9.17) is 16.6 Å². The Morgan fingerprint density at radius 2 is 1.90 bits per heavy atom. The Hall–Kier alpha value is -2.04. The number of sulfonamides is 1. The van der Waals surface area contributed by atoms with E-state index in [2.05, 4.69) is 9.97 Å². The standard InChI is InChI=1S/C10H11N5O3S2/c11-6-3-5(20(13,17)18)1-2-7(6)19-10-14-8(12)4-9(16)15-10/h1-4H,11H2,(H2,13,17,18)(H3,12,14,15,16). The summed E-state index contributed by atoms with van der Waals surface area (Å²) in [5.74, 6) is 0.0796. The number of nitrogens with zero attached hydrogens (tertiary/aromatic N) is 1. The van der Waals surface area contributed by atoms with Crippen LogP contribution in [0.4, 0.5) is 11.5 Å². The lowest BCUT2D eigenvalue weighted by atomic mass is 10.3. The zero-order chi connectivity index (χ0) is 14.9. The molecule has 0 saturated carbocycles. The number of anilines is 2. The molecule has 1 aromatic heterocycles. The maximum Gasteiger partial charge on any atom is 0.253 e. The van der Waals surface area contributed by atoms with E-state index in [0.29, 0.717) is 4.90 Å². The van der Waals surface area contributed by atoms with Crippen LogP contribution in [0.5, 0.6) is 0 Å². The Balaban J connectivity index is 2.37. The van der Waals surface area contributed by atoms with Crippen LogP contribution in [-0.2, 0) is 10.0 Å². The number of aromatic amines is 1. The molecule has 20 heavy (non-hydrogen) atoms. The number of aromatic nitrogens is 2. The second-order valence-corrected chi connectivity index (χ2v) is 6.41. The second kappa shape index (κ2) is 5.15. The lowest BCUT2D eigenvalue weighted by molar-refractivity contribution is 0.598. The SMILES string of the molecule is Nc1cc(=O)[nH]c(Sc2ccc(S(N)(=O)=O)cc2N)n1. The van der Waals surface area contributed by atoms with Gasteiger partial charge in [0.1, 0.15) is 5.82 Å². The van der Waals surface area contributed by atoms with Gasteiger partial charge < -0.3 is 16.5 Å². The van der Waals surface area contributed by atoms with Crippen molar-refractivity contribution in [2.75, 3.05) is 11.5 Å². The molecule has 7 N–H and O–H groups in total. The van der Waals surface area contributed by atoms with E-state index in [1.807, 2.05) is 0 Å². The first-order valence-electron chi connectivity index (χ1n) is 5.23. The summed E-state index contributed by atoms with van der Waals surface area (Å²) in [6.45, 7) is 0. The minimum atomic E-state index is -3.81. The van der Waals surface area contributed by atoms with Gasteiger partial charge in [-0.15, -0.1) is 0 Å². The van der Waals surface area contributed by atoms with E-state index in [9.17, 15) is 13.2 Å². The smallest absolute Gasteiger partial charge is 0.253 e. The number of H-pyrrole nitrogens is 1. The molecule has 106 valence electrons. The highest BCUT2D eigenvalue weighted by Crippen LogP contribution is 2.30. The molecular weight excluding hydrogens is 302 g/mol. The molecule has 0 radical (unpaired) electrons. The van der Waals surface area contributed by atoms with Crippen molar-refractivity contribution in [3.63, 3.8) is 0 Å². The molecule has 0 atom stereocenters. The van der Waals surface area contributed by atoms with Crippen molar-refractivity contribution >= 4 is 33.3 Å². The molecule has 0 bridgehead atoms. The normalized spacial score (nSPS) is 11.4. The first-order chi connectivity index (χ1) is 9.25. The van der Waals surface area contributed by atoms with Crippen molar-refractivity contribution in [1.29, 1.82) is 0 Å². The molecule has 0 amide bonds. The summed E-state index contributed by atoms with van der Waals surface area (Å²) in [5.41, 5.74) is 11.0. The fraction of sp³-hybridized carbons (Fsp3) is 0. The topological polar surface area (TPSA) is 158 Å². The zero-order valence-electron chi connectivity index (χ0n) is 10.0. The molecular formula is C10H11N5O3S2. The number of hydrogen-bond acceptors (Lipinski definition) is 7. The van der Waals surface area contributed by atoms with Crippen molar-refractivity contribution in [2.45, 2.75) is 14.9 Å². The summed E-state index contributed by atoms with van der Waals surface area (Å²) < 4.78 is 22.4. The molecule has 2 rings (SSSR count). The molecule has 1 aromatic carbocycles. The van der Waals surface area contributed by atoms with Crippen LogP contribution >= 0.6 is 11.8 Å². The van der Waals surface area contributed by atoms with Gasteiger partial charge in [0.15, 0.2) is 5.16 Å². The van der Waals surface area contributed by atoms with E-state index < -0.39 is 10.0 Å². The van der Waals surface area contributed by atoms with Crippen molar-refractivity contribution < 1.29 is 8.42 Å². The van der Waals surface area contributed by atoms with Gasteiger partial charge in [0.2, 0.25) is 10.0 Å². The Kier molecular flexibility index (Phi) is 3.70. The van der Waals surface area contributed by atoms with Crippen LogP contribution < -0.4 is 22.2 Å². The molecule has 0 spiro atoms. The van der Waals surface area contributed by atoms with E-state index in [0.717, 1.165) is 17.8 Å². The fourth-order valence-corrected chi connectivity index (χ4v) is 2.78. The van der Waals surface area contributed by atoms with E-state index >= 15 is 0 Å². The molecule has 0 unspecified atom stereocenters. The van der Waals surface area contributed by atoms with Crippen LogP contribution in [0.3, 0.4) is 0 Å². The molecule has 0 aliphatic heterocycles. The molecule has 0 fully saturated rings. The van der Waals surface area contributed by atoms with Gasteiger partial charge in [-0.3, -0.25) is 4.79 Å². The summed E-state index contributed by atoms with van der Waals surface area (Å²) in [6.07, 6.45) is 0. The molecule has 0 aliphatic rings. The van der Waals surface area contributed by atoms with Crippen LogP contribution in [-0.4, -0.2) is 18.4 Å². The lowest BCUT2D eigenvalue weighted by Gasteiger charge is -2.06. The quantitative estimate of drug-likeness (QED) is 0.448. The zero-order valence-corrected chi connectivity index (χ0v) is 11.7. The number of nitrogens with two attached hydrogens (primary N) is 3. The summed E-state index contributed by atoms with van der Waals surface area (Å²) in [5, 5.41) is 5.26. The van der Waals surface area contributed by atoms with Gasteiger partial charge in [-0.25, -0.2) is 18.5 Å². The monoisotopic (exact) mass is 313 g/mol. The summed E-state index contributed by atoms with van der Waals surface area (Å²) >= 11 is 1.05. The van der Waals surface area contributed by atoms with Crippen molar-refractivity contribution in [1.82, 2.24) is 9.97 Å². The maximum atomic E-state index is 11.3. The predicted octanol–water partition coefficient (Wildman–Crippen LogP) is -0.267. The average Bonchev–Trinajstić information content (AvgIpc) is 2.29. The first-order valence-corrected chi connectivity index (χ1v) is 7.59. The fourth-order valence-electron chi connectivity index (χ4n) is 1.40. The van der Waals surface area contributed by atoms with Crippen LogP contribution in [0.25, 0.3) is 0 Å². The maximum absolute atomic E-state index is 11.3. The van der Waals surface area contributed by atoms with Crippen LogP contribution in [0.2, 0.25) is 0 Å². The minimum Gasteiger partial charge on any atom is -0.398 e. The molecule has 2 aromatic rings. The highest BCUT2D eigenvalue weighted by atomic mass is 32.2. The van der Waals surface area contributed by atoms with Gasteiger partial charge in [0, 0.05) is 16.6 Å². The Bertz CT molecular complexity index is 816. The first kappa shape index (κ1) is 14.4. The van der Waals surface area contributed by atoms with Gasteiger partial charge in [-0.05, 0) is 30.0 Å². The highest BCUT2D eigenvalue weighted by Gasteiger charge is 2.11. The minimum absolute atomic E-state index is 0.0796. The predicted molar refractivity (Wildman–Crippen MR) is 75.6 cm³/mol. The lowest BCUT2D eigenvalue weighted by Crippen LogP contribution is -2.12. The average molecular weight is 313 g/mol. The number of hydrogen-bond donors (Lipinski definition) is 4. The summed E-state index contributed by atoms with van der Waals surface area (Å²) in [6, 6.07) is 5.18. The van der Waals surface area contributed by atoms with Crippen LogP contribution in [0, 0.1) is 0 Å². The number of nitrogens with one attached hydrogen (secondary N) is 1. The Labute approximate surface area is 118 Å². The van der Waals surface area contributed by atoms with Crippen LogP contribution in [0.15, 0.2) is 44.0 Å². The third kappa shape index (κ3) is 3.29.